The molecule has 0 bridgehead atoms. The minimum absolute atomic E-state index is 0.904. The Morgan fingerprint density at radius 3 is 2.11 bits per heavy atom. The van der Waals surface area contributed by atoms with Gasteiger partial charge in [-0.05, 0) is 59.4 Å². The number of benzene rings is 3. The first-order valence-corrected chi connectivity index (χ1v) is 10.2. The van der Waals surface area contributed by atoms with Crippen LogP contribution in [0.2, 0.25) is 0 Å². The van der Waals surface area contributed by atoms with E-state index >= 15 is 0 Å². The Morgan fingerprint density at radius 1 is 0.679 bits per heavy atom. The Morgan fingerprint density at radius 2 is 1.36 bits per heavy atom. The molecule has 0 amide bonds. The molecule has 3 aromatic carbocycles. The Balaban J connectivity index is 1.38. The van der Waals surface area contributed by atoms with Crippen LogP contribution in [0.3, 0.4) is 0 Å². The van der Waals surface area contributed by atoms with Crippen LogP contribution < -0.4 is 10.4 Å². The first-order valence-electron chi connectivity index (χ1n) is 10.2. The lowest BCUT2D eigenvalue weighted by molar-refractivity contribution is 0.688. The Hall–Kier alpha value is -2.93. The van der Waals surface area contributed by atoms with Crippen LogP contribution in [0.4, 0.5) is 0 Å². The molecule has 0 aliphatic heterocycles. The maximum atomic E-state index is 4.54. The van der Waals surface area contributed by atoms with Crippen LogP contribution in [0.15, 0.2) is 83.9 Å². The summed E-state index contributed by atoms with van der Waals surface area (Å²) in [6.45, 7) is 2.97. The molecular weight excluding hydrogens is 338 g/mol. The maximum Gasteiger partial charge on any atom is 0.0389 e. The molecule has 0 N–H and O–H groups in total. The average Bonchev–Trinajstić information content (AvgIpc) is 2.77. The summed E-state index contributed by atoms with van der Waals surface area (Å²) < 4.78 is 0. The maximum absolute atomic E-state index is 4.54. The Kier molecular flexibility index (Phi) is 7.81. The normalized spacial score (nSPS) is 12.8. The van der Waals surface area contributed by atoms with Crippen molar-refractivity contribution in [1.82, 2.24) is 0 Å². The number of rotatable bonds is 8. The van der Waals surface area contributed by atoms with Crippen molar-refractivity contribution in [2.45, 2.75) is 32.6 Å². The van der Waals surface area contributed by atoms with E-state index in [1.807, 2.05) is 6.21 Å². The second-order valence-corrected chi connectivity index (χ2v) is 7.01. The van der Waals surface area contributed by atoms with Gasteiger partial charge in [0.25, 0.3) is 0 Å². The predicted molar refractivity (Wildman–Crippen MR) is 123 cm³/mol. The molecule has 0 unspecified atom stereocenters. The first kappa shape index (κ1) is 19.8. The molecular formula is C27H29N. The number of aliphatic imine (C=N–C) groups is 1. The van der Waals surface area contributed by atoms with Gasteiger partial charge in [0.1, 0.15) is 0 Å². The highest BCUT2D eigenvalue weighted by molar-refractivity contribution is 5.90. The highest BCUT2D eigenvalue weighted by Crippen LogP contribution is 2.19. The third-order valence-electron chi connectivity index (χ3n) is 4.98. The van der Waals surface area contributed by atoms with Gasteiger partial charge in [-0.1, -0.05) is 91.4 Å². The number of hydrogen-bond donors (Lipinski definition) is 0. The molecule has 1 nitrogen and oxygen atoms in total. The second-order valence-electron chi connectivity index (χ2n) is 7.01. The van der Waals surface area contributed by atoms with Crippen molar-refractivity contribution < 1.29 is 0 Å². The van der Waals surface area contributed by atoms with Crippen LogP contribution in [-0.2, 0) is 6.42 Å². The van der Waals surface area contributed by atoms with Crippen molar-refractivity contribution in [1.29, 1.82) is 0 Å². The summed E-state index contributed by atoms with van der Waals surface area (Å²) in [5.41, 5.74) is 3.99. The summed E-state index contributed by atoms with van der Waals surface area (Å²) >= 11 is 0. The lowest BCUT2D eigenvalue weighted by atomic mass is 10.0. The molecule has 3 aromatic rings. The highest BCUT2D eigenvalue weighted by atomic mass is 14.7. The van der Waals surface area contributed by atoms with Crippen LogP contribution in [-0.4, -0.2) is 12.8 Å². The van der Waals surface area contributed by atoms with E-state index in [2.05, 4.69) is 103 Å². The number of nitrogens with zero attached hydrogens (tertiary/aromatic N) is 1. The van der Waals surface area contributed by atoms with Crippen molar-refractivity contribution in [3.05, 3.63) is 94.9 Å². The fourth-order valence-electron chi connectivity index (χ4n) is 3.34. The smallest absolute Gasteiger partial charge is 0.0389 e. The standard InChI is InChI=1S/C27H29N/c1-2-24-12-8-9-15-26(24)20-22-28-21-10-4-5-11-23-16-18-27(19-17-23)25-13-6-3-7-14-25/h2-3,6-9,12-20,22H,4-5,10-11,21H2,1H3/b24-2-,26-20-,28-22+. The minimum Gasteiger partial charge on any atom is -0.293 e. The molecule has 0 heterocycles. The van der Waals surface area contributed by atoms with Crippen molar-refractivity contribution in [2.24, 2.45) is 4.99 Å². The monoisotopic (exact) mass is 367 g/mol. The molecule has 1 heteroatoms. The molecule has 0 spiro atoms. The second kappa shape index (κ2) is 11.0. The van der Waals surface area contributed by atoms with Gasteiger partial charge in [0, 0.05) is 12.8 Å². The van der Waals surface area contributed by atoms with Crippen LogP contribution in [0.5, 0.6) is 0 Å². The molecule has 0 aliphatic rings. The van der Waals surface area contributed by atoms with Crippen LogP contribution in [0.25, 0.3) is 23.3 Å². The van der Waals surface area contributed by atoms with Crippen molar-refractivity contribution >= 4 is 18.4 Å². The van der Waals surface area contributed by atoms with Gasteiger partial charge in [0.05, 0.1) is 0 Å². The van der Waals surface area contributed by atoms with Crippen LogP contribution >= 0.6 is 0 Å². The zero-order valence-electron chi connectivity index (χ0n) is 16.7. The average molecular weight is 368 g/mol. The fraction of sp³-hybridized carbons (Fsp3) is 0.222. The van der Waals surface area contributed by atoms with Gasteiger partial charge in [-0.15, -0.1) is 0 Å². The van der Waals surface area contributed by atoms with Gasteiger partial charge in [0.2, 0.25) is 0 Å². The Labute approximate surface area is 168 Å². The molecule has 0 saturated heterocycles. The molecule has 0 aromatic heterocycles. The van der Waals surface area contributed by atoms with Gasteiger partial charge in [0.15, 0.2) is 0 Å². The van der Waals surface area contributed by atoms with Crippen molar-refractivity contribution in [3.63, 3.8) is 0 Å². The largest absolute Gasteiger partial charge is 0.293 e. The molecule has 0 fully saturated rings. The molecule has 0 atom stereocenters. The van der Waals surface area contributed by atoms with Gasteiger partial charge in [-0.3, -0.25) is 4.99 Å². The van der Waals surface area contributed by atoms with E-state index in [9.17, 15) is 0 Å². The molecule has 28 heavy (non-hydrogen) atoms. The summed E-state index contributed by atoms with van der Waals surface area (Å²) in [5.74, 6) is 0. The van der Waals surface area contributed by atoms with E-state index in [0.717, 1.165) is 19.4 Å². The minimum atomic E-state index is 0.904. The van der Waals surface area contributed by atoms with E-state index in [4.69, 9.17) is 0 Å². The van der Waals surface area contributed by atoms with Gasteiger partial charge >= 0.3 is 0 Å². The highest BCUT2D eigenvalue weighted by Gasteiger charge is 1.98. The van der Waals surface area contributed by atoms with Crippen molar-refractivity contribution in [3.8, 4) is 11.1 Å². The van der Waals surface area contributed by atoms with Crippen LogP contribution in [0.1, 0.15) is 31.7 Å². The van der Waals surface area contributed by atoms with Gasteiger partial charge < -0.3 is 0 Å². The summed E-state index contributed by atoms with van der Waals surface area (Å²) in [6, 6.07) is 27.9. The first-order chi connectivity index (χ1) is 13.9. The molecule has 0 aliphatic carbocycles. The molecule has 0 saturated carbocycles. The topological polar surface area (TPSA) is 12.4 Å². The number of unbranched alkanes of at least 4 members (excludes halogenated alkanes) is 2. The number of hydrogen-bond acceptors (Lipinski definition) is 1. The summed E-state index contributed by atoms with van der Waals surface area (Å²) in [4.78, 5) is 4.54. The molecule has 3 rings (SSSR count). The summed E-state index contributed by atoms with van der Waals surface area (Å²) in [5, 5.41) is 2.49. The quantitative estimate of drug-likeness (QED) is 0.372. The van der Waals surface area contributed by atoms with Crippen molar-refractivity contribution in [2.75, 3.05) is 6.54 Å². The predicted octanol–water partition coefficient (Wildman–Crippen LogP) is 5.42. The van der Waals surface area contributed by atoms with Crippen LogP contribution in [0, 0.1) is 0 Å². The zero-order chi connectivity index (χ0) is 19.4. The third kappa shape index (κ3) is 6.06. The fourth-order valence-corrected chi connectivity index (χ4v) is 3.34. The summed E-state index contributed by atoms with van der Waals surface area (Å²) in [6.07, 6.45) is 10.9. The molecule has 0 radical (unpaired) electrons. The van der Waals surface area contributed by atoms with Gasteiger partial charge in [-0.25, -0.2) is 0 Å². The zero-order valence-corrected chi connectivity index (χ0v) is 16.7. The van der Waals surface area contributed by atoms with E-state index in [-0.39, 0.29) is 0 Å². The van der Waals surface area contributed by atoms with E-state index in [1.54, 1.807) is 0 Å². The van der Waals surface area contributed by atoms with E-state index < -0.39 is 0 Å². The van der Waals surface area contributed by atoms with E-state index in [1.165, 1.54) is 40.0 Å². The molecule has 142 valence electrons. The summed E-state index contributed by atoms with van der Waals surface area (Å²) in [7, 11) is 0. The third-order valence-corrected chi connectivity index (χ3v) is 4.98. The SMILES string of the molecule is C/C=c1/cccc/c1=C/C=N/CCCCCc1ccc(-c2ccccc2)cc1. The van der Waals surface area contributed by atoms with Gasteiger partial charge in [-0.2, -0.15) is 0 Å². The van der Waals surface area contributed by atoms with E-state index in [0.29, 0.717) is 0 Å². The lowest BCUT2D eigenvalue weighted by Gasteiger charge is -2.04. The number of aryl methyl sites for hydroxylation is 1. The Bertz CT molecular complexity index is 982. The lowest BCUT2D eigenvalue weighted by Crippen LogP contribution is -2.23.